The molecular weight excluding hydrogens is 260 g/mol. The lowest BCUT2D eigenvalue weighted by atomic mass is 10.0. The molecule has 1 atom stereocenters. The van der Waals surface area contributed by atoms with Crippen molar-refractivity contribution in [2.75, 3.05) is 5.73 Å². The van der Waals surface area contributed by atoms with Gasteiger partial charge in [0.05, 0.1) is 24.3 Å². The number of anilines is 1. The molecule has 0 aliphatic heterocycles. The number of benzene rings is 1. The largest absolute Gasteiger partial charge is 0.383 e. The smallest absolute Gasteiger partial charge is 0.132 e. The Kier molecular flexibility index (Phi) is 3.69. The van der Waals surface area contributed by atoms with Crippen LogP contribution < -0.4 is 5.73 Å². The van der Waals surface area contributed by atoms with Gasteiger partial charge in [0.2, 0.25) is 0 Å². The van der Waals surface area contributed by atoms with Gasteiger partial charge < -0.3 is 10.3 Å². The number of rotatable bonds is 4. The Labute approximate surface area is 124 Å². The first-order chi connectivity index (χ1) is 10.3. The van der Waals surface area contributed by atoms with Gasteiger partial charge in [-0.2, -0.15) is 0 Å². The molecule has 0 aliphatic carbocycles. The van der Waals surface area contributed by atoms with Gasteiger partial charge in [0.1, 0.15) is 5.82 Å². The Bertz CT molecular complexity index is 718. The lowest BCUT2D eigenvalue weighted by Crippen LogP contribution is -2.10. The fraction of sp³-hybridized carbons (Fsp3) is 0.176. The van der Waals surface area contributed by atoms with E-state index in [4.69, 9.17) is 5.73 Å². The summed E-state index contributed by atoms with van der Waals surface area (Å²) in [4.78, 5) is 8.48. The summed E-state index contributed by atoms with van der Waals surface area (Å²) in [5, 5.41) is 0. The molecule has 1 unspecified atom stereocenters. The van der Waals surface area contributed by atoms with Crippen molar-refractivity contribution in [1.82, 2.24) is 14.5 Å². The fourth-order valence-corrected chi connectivity index (χ4v) is 2.66. The predicted octanol–water partition coefficient (Wildman–Crippen LogP) is 3.53. The van der Waals surface area contributed by atoms with Gasteiger partial charge in [0.15, 0.2) is 0 Å². The van der Waals surface area contributed by atoms with Crippen molar-refractivity contribution in [3.63, 3.8) is 0 Å². The lowest BCUT2D eigenvalue weighted by molar-refractivity contribution is 0.571. The van der Waals surface area contributed by atoms with Gasteiger partial charge in [0.25, 0.3) is 0 Å². The highest BCUT2D eigenvalue weighted by Gasteiger charge is 2.17. The van der Waals surface area contributed by atoms with Crippen LogP contribution in [0.4, 0.5) is 5.82 Å². The Hall–Kier alpha value is -2.62. The third kappa shape index (κ3) is 2.52. The maximum atomic E-state index is 6.01. The van der Waals surface area contributed by atoms with E-state index in [0.717, 1.165) is 17.7 Å². The third-order valence-corrected chi connectivity index (χ3v) is 3.69. The van der Waals surface area contributed by atoms with Crippen LogP contribution in [-0.4, -0.2) is 14.5 Å². The van der Waals surface area contributed by atoms with Crippen LogP contribution in [0.15, 0.2) is 61.2 Å². The van der Waals surface area contributed by atoms with E-state index in [-0.39, 0.29) is 6.04 Å². The van der Waals surface area contributed by atoms with Crippen molar-refractivity contribution in [1.29, 1.82) is 0 Å². The van der Waals surface area contributed by atoms with Crippen LogP contribution in [0.1, 0.15) is 24.9 Å². The molecular formula is C17H18N4. The average molecular weight is 278 g/mol. The number of nitrogens with two attached hydrogens (primary N) is 1. The van der Waals surface area contributed by atoms with Gasteiger partial charge in [-0.25, -0.2) is 9.97 Å². The quantitative estimate of drug-likeness (QED) is 0.794. The van der Waals surface area contributed by atoms with Crippen molar-refractivity contribution < 1.29 is 0 Å². The minimum Gasteiger partial charge on any atom is -0.383 e. The van der Waals surface area contributed by atoms with Crippen LogP contribution in [0.25, 0.3) is 11.3 Å². The molecule has 106 valence electrons. The molecule has 2 N–H and O–H groups in total. The van der Waals surface area contributed by atoms with Crippen LogP contribution in [0.5, 0.6) is 0 Å². The van der Waals surface area contributed by atoms with E-state index in [9.17, 15) is 0 Å². The topological polar surface area (TPSA) is 56.7 Å². The molecule has 0 spiro atoms. The Morgan fingerprint density at radius 2 is 1.95 bits per heavy atom. The van der Waals surface area contributed by atoms with Crippen molar-refractivity contribution in [2.45, 2.75) is 19.4 Å². The van der Waals surface area contributed by atoms with E-state index >= 15 is 0 Å². The zero-order valence-corrected chi connectivity index (χ0v) is 12.0. The number of hydrogen-bond acceptors (Lipinski definition) is 3. The van der Waals surface area contributed by atoms with Gasteiger partial charge >= 0.3 is 0 Å². The molecule has 4 nitrogen and oxygen atoms in total. The molecule has 0 bridgehead atoms. The molecule has 3 aromatic rings. The predicted molar refractivity (Wildman–Crippen MR) is 84.7 cm³/mol. The highest BCUT2D eigenvalue weighted by Crippen LogP contribution is 2.30. The number of nitrogens with zero attached hydrogens (tertiary/aromatic N) is 3. The molecule has 1 aromatic carbocycles. The van der Waals surface area contributed by atoms with Crippen LogP contribution in [0, 0.1) is 0 Å². The number of imidazole rings is 1. The second kappa shape index (κ2) is 5.79. The first-order valence-corrected chi connectivity index (χ1v) is 7.09. The Morgan fingerprint density at radius 1 is 1.14 bits per heavy atom. The van der Waals surface area contributed by atoms with Gasteiger partial charge in [-0.05, 0) is 24.1 Å². The molecule has 0 fully saturated rings. The van der Waals surface area contributed by atoms with E-state index in [1.54, 1.807) is 6.20 Å². The zero-order chi connectivity index (χ0) is 14.7. The van der Waals surface area contributed by atoms with E-state index in [0.29, 0.717) is 5.82 Å². The molecule has 2 aromatic heterocycles. The molecule has 4 heteroatoms. The molecule has 0 aliphatic rings. The van der Waals surface area contributed by atoms with E-state index in [1.165, 1.54) is 5.56 Å². The summed E-state index contributed by atoms with van der Waals surface area (Å²) < 4.78 is 2.17. The van der Waals surface area contributed by atoms with Gasteiger partial charge in [0, 0.05) is 11.8 Å². The molecule has 2 heterocycles. The Balaban J connectivity index is 2.08. The highest BCUT2D eigenvalue weighted by atomic mass is 15.1. The second-order valence-electron chi connectivity index (χ2n) is 4.96. The number of pyridine rings is 1. The molecule has 0 saturated carbocycles. The normalized spacial score (nSPS) is 12.2. The molecule has 0 amide bonds. The van der Waals surface area contributed by atoms with Crippen molar-refractivity contribution >= 4 is 5.82 Å². The van der Waals surface area contributed by atoms with Crippen molar-refractivity contribution in [3.8, 4) is 11.3 Å². The van der Waals surface area contributed by atoms with E-state index < -0.39 is 0 Å². The summed E-state index contributed by atoms with van der Waals surface area (Å²) in [6, 6.07) is 14.6. The maximum Gasteiger partial charge on any atom is 0.132 e. The third-order valence-electron chi connectivity index (χ3n) is 3.69. The van der Waals surface area contributed by atoms with Crippen LogP contribution in [0.2, 0.25) is 0 Å². The average Bonchev–Trinajstić information content (AvgIpc) is 2.99. The standard InChI is InChI=1S/C17H18N4/c1-2-15(13-7-4-3-5-8-13)21-12-19-11-16(21)14-9-6-10-20-17(14)18/h3-12,15H,2H2,1H3,(H2,18,20). The first kappa shape index (κ1) is 13.4. The lowest BCUT2D eigenvalue weighted by Gasteiger charge is -2.20. The van der Waals surface area contributed by atoms with Crippen molar-refractivity contribution in [3.05, 3.63) is 66.7 Å². The van der Waals surface area contributed by atoms with Gasteiger partial charge in [-0.3, -0.25) is 0 Å². The molecule has 21 heavy (non-hydrogen) atoms. The summed E-state index contributed by atoms with van der Waals surface area (Å²) in [7, 11) is 0. The van der Waals surface area contributed by atoms with Crippen molar-refractivity contribution in [2.24, 2.45) is 0 Å². The Morgan fingerprint density at radius 3 is 2.67 bits per heavy atom. The summed E-state index contributed by atoms with van der Waals surface area (Å²) in [5.74, 6) is 0.530. The SMILES string of the molecule is CCC(c1ccccc1)n1cncc1-c1cccnc1N. The van der Waals surface area contributed by atoms with Crippen LogP contribution >= 0.6 is 0 Å². The van der Waals surface area contributed by atoms with Crippen LogP contribution in [0.3, 0.4) is 0 Å². The maximum absolute atomic E-state index is 6.01. The fourth-order valence-electron chi connectivity index (χ4n) is 2.66. The molecule has 0 saturated heterocycles. The molecule has 3 rings (SSSR count). The minimum absolute atomic E-state index is 0.239. The van der Waals surface area contributed by atoms with Gasteiger partial charge in [-0.15, -0.1) is 0 Å². The number of aromatic nitrogens is 3. The van der Waals surface area contributed by atoms with Crippen LogP contribution in [-0.2, 0) is 0 Å². The number of hydrogen-bond donors (Lipinski definition) is 1. The minimum atomic E-state index is 0.239. The van der Waals surface area contributed by atoms with E-state index in [2.05, 4.69) is 45.7 Å². The first-order valence-electron chi connectivity index (χ1n) is 7.09. The summed E-state index contributed by atoms with van der Waals surface area (Å²) in [6.45, 7) is 2.17. The van der Waals surface area contributed by atoms with Gasteiger partial charge in [-0.1, -0.05) is 37.3 Å². The molecule has 0 radical (unpaired) electrons. The number of nitrogen functional groups attached to an aromatic ring is 1. The van der Waals surface area contributed by atoms with E-state index in [1.807, 2.05) is 30.7 Å². The highest BCUT2D eigenvalue weighted by molar-refractivity contribution is 5.70. The summed E-state index contributed by atoms with van der Waals surface area (Å²) >= 11 is 0. The summed E-state index contributed by atoms with van der Waals surface area (Å²) in [5.41, 5.74) is 9.19. The zero-order valence-electron chi connectivity index (χ0n) is 12.0. The summed E-state index contributed by atoms with van der Waals surface area (Å²) in [6.07, 6.45) is 6.39. The second-order valence-corrected chi connectivity index (χ2v) is 4.96. The monoisotopic (exact) mass is 278 g/mol.